The molecule has 4 N–H and O–H groups in total. The summed E-state index contributed by atoms with van der Waals surface area (Å²) in [4.78, 5) is 11.7. The first-order chi connectivity index (χ1) is 10.3. The van der Waals surface area contributed by atoms with Crippen LogP contribution in [-0.4, -0.2) is 25.3 Å². The smallest absolute Gasteiger partial charge is 0.319 e. The van der Waals surface area contributed by atoms with Crippen molar-refractivity contribution in [2.45, 2.75) is 44.8 Å². The Bertz CT molecular complexity index is 428. The summed E-state index contributed by atoms with van der Waals surface area (Å²) in [7, 11) is 0. The lowest BCUT2D eigenvalue weighted by Crippen LogP contribution is -2.29. The van der Waals surface area contributed by atoms with Crippen LogP contribution in [0.4, 0.5) is 10.5 Å². The molecule has 1 saturated heterocycles. The topological polar surface area (TPSA) is 76.4 Å². The average Bonchev–Trinajstić information content (AvgIpc) is 3.01. The van der Waals surface area contributed by atoms with Gasteiger partial charge in [-0.3, -0.25) is 0 Å². The van der Waals surface area contributed by atoms with E-state index in [1.807, 2.05) is 24.3 Å². The second-order valence-electron chi connectivity index (χ2n) is 5.41. The predicted octanol–water partition coefficient (Wildman–Crippen LogP) is 2.62. The van der Waals surface area contributed by atoms with Crippen LogP contribution in [0.2, 0.25) is 0 Å². The summed E-state index contributed by atoms with van der Waals surface area (Å²) < 4.78 is 5.57. The lowest BCUT2D eigenvalue weighted by molar-refractivity contribution is 0.102. The number of hydrogen-bond donors (Lipinski definition) is 3. The van der Waals surface area contributed by atoms with Gasteiger partial charge in [0.1, 0.15) is 0 Å². The van der Waals surface area contributed by atoms with Crippen molar-refractivity contribution in [2.75, 3.05) is 18.5 Å². The van der Waals surface area contributed by atoms with Crippen molar-refractivity contribution < 1.29 is 9.53 Å². The molecule has 1 aliphatic heterocycles. The first-order valence-electron chi connectivity index (χ1n) is 7.73. The van der Waals surface area contributed by atoms with Crippen molar-refractivity contribution in [2.24, 2.45) is 5.73 Å². The molecule has 0 radical (unpaired) electrons. The van der Waals surface area contributed by atoms with Gasteiger partial charge in [-0.05, 0) is 49.8 Å². The summed E-state index contributed by atoms with van der Waals surface area (Å²) in [5.41, 5.74) is 7.36. The fraction of sp³-hybridized carbons (Fsp3) is 0.562. The molecular weight excluding hydrogens is 266 g/mol. The molecule has 0 unspecified atom stereocenters. The Hall–Kier alpha value is -1.59. The van der Waals surface area contributed by atoms with Crippen molar-refractivity contribution in [3.8, 4) is 0 Å². The van der Waals surface area contributed by atoms with Crippen LogP contribution >= 0.6 is 0 Å². The lowest BCUT2D eigenvalue weighted by atomic mass is 10.1. The van der Waals surface area contributed by atoms with Crippen molar-refractivity contribution in [1.29, 1.82) is 0 Å². The highest BCUT2D eigenvalue weighted by Gasteiger charge is 2.14. The molecule has 1 aliphatic rings. The van der Waals surface area contributed by atoms with E-state index in [0.717, 1.165) is 37.1 Å². The highest BCUT2D eigenvalue weighted by molar-refractivity contribution is 5.89. The van der Waals surface area contributed by atoms with Gasteiger partial charge in [0.05, 0.1) is 6.10 Å². The van der Waals surface area contributed by atoms with Crippen molar-refractivity contribution in [3.05, 3.63) is 29.8 Å². The summed E-state index contributed by atoms with van der Waals surface area (Å²) in [6.07, 6.45) is 6.00. The molecule has 0 bridgehead atoms. The second kappa shape index (κ2) is 8.64. The Morgan fingerprint density at radius 3 is 2.76 bits per heavy atom. The number of benzene rings is 1. The van der Waals surface area contributed by atoms with Crippen LogP contribution in [-0.2, 0) is 11.3 Å². The number of nitrogens with two attached hydrogens (primary N) is 1. The molecule has 1 heterocycles. The van der Waals surface area contributed by atoms with E-state index in [2.05, 4.69) is 10.6 Å². The van der Waals surface area contributed by atoms with Crippen LogP contribution in [0.25, 0.3) is 0 Å². The molecule has 0 aromatic heterocycles. The van der Waals surface area contributed by atoms with Crippen LogP contribution in [0.5, 0.6) is 0 Å². The van der Waals surface area contributed by atoms with Crippen LogP contribution < -0.4 is 16.4 Å². The number of carbonyl (C=O) groups is 1. The highest BCUT2D eigenvalue weighted by Crippen LogP contribution is 2.17. The molecule has 1 aromatic rings. The normalized spacial score (nSPS) is 17.7. The first-order valence-corrected chi connectivity index (χ1v) is 7.73. The maximum absolute atomic E-state index is 11.7. The molecule has 0 aliphatic carbocycles. The minimum Gasteiger partial charge on any atom is -0.378 e. The fourth-order valence-electron chi connectivity index (χ4n) is 2.47. The quantitative estimate of drug-likeness (QED) is 0.676. The maximum Gasteiger partial charge on any atom is 0.319 e. The van der Waals surface area contributed by atoms with Gasteiger partial charge in [-0.2, -0.15) is 0 Å². The van der Waals surface area contributed by atoms with E-state index < -0.39 is 0 Å². The van der Waals surface area contributed by atoms with E-state index in [1.54, 1.807) is 0 Å². The zero-order chi connectivity index (χ0) is 14.9. The number of carbonyl (C=O) groups excluding carboxylic acids is 1. The van der Waals surface area contributed by atoms with Crippen molar-refractivity contribution in [1.82, 2.24) is 5.32 Å². The number of amides is 2. The third kappa shape index (κ3) is 5.73. The SMILES string of the molecule is NCc1ccc(NC(=O)NCCCC[C@@H]2CCCO2)cc1. The van der Waals surface area contributed by atoms with Gasteiger partial charge in [0.25, 0.3) is 0 Å². The van der Waals surface area contributed by atoms with Gasteiger partial charge in [-0.1, -0.05) is 12.1 Å². The zero-order valence-corrected chi connectivity index (χ0v) is 12.4. The molecule has 1 fully saturated rings. The largest absolute Gasteiger partial charge is 0.378 e. The molecule has 1 atom stereocenters. The molecule has 0 saturated carbocycles. The monoisotopic (exact) mass is 291 g/mol. The number of nitrogens with one attached hydrogen (secondary N) is 2. The minimum absolute atomic E-state index is 0.160. The maximum atomic E-state index is 11.7. The highest BCUT2D eigenvalue weighted by atomic mass is 16.5. The molecular formula is C16H25N3O2. The standard InChI is InChI=1S/C16H25N3O2/c17-12-13-6-8-14(9-7-13)19-16(20)18-10-2-1-4-15-5-3-11-21-15/h6-9,15H,1-5,10-12,17H2,(H2,18,19,20)/t15-/m1/s1. The first kappa shape index (κ1) is 15.8. The van der Waals surface area contributed by atoms with Crippen molar-refractivity contribution in [3.63, 3.8) is 0 Å². The van der Waals surface area contributed by atoms with E-state index in [1.165, 1.54) is 12.8 Å². The Morgan fingerprint density at radius 1 is 1.29 bits per heavy atom. The van der Waals surface area contributed by atoms with Crippen LogP contribution in [0.3, 0.4) is 0 Å². The number of unbranched alkanes of at least 4 members (excludes halogenated alkanes) is 1. The molecule has 2 rings (SSSR count). The Morgan fingerprint density at radius 2 is 2.10 bits per heavy atom. The summed E-state index contributed by atoms with van der Waals surface area (Å²) in [5.74, 6) is 0. The molecule has 2 amide bonds. The second-order valence-corrected chi connectivity index (χ2v) is 5.41. The third-order valence-corrected chi connectivity index (χ3v) is 3.71. The molecule has 21 heavy (non-hydrogen) atoms. The average molecular weight is 291 g/mol. The zero-order valence-electron chi connectivity index (χ0n) is 12.4. The summed E-state index contributed by atoms with van der Waals surface area (Å²) in [5, 5.41) is 5.68. The number of anilines is 1. The Balaban J connectivity index is 1.56. The van der Waals surface area contributed by atoms with Crippen LogP contribution in [0.15, 0.2) is 24.3 Å². The van der Waals surface area contributed by atoms with Gasteiger partial charge in [0.15, 0.2) is 0 Å². The number of hydrogen-bond acceptors (Lipinski definition) is 3. The predicted molar refractivity (Wildman–Crippen MR) is 84.2 cm³/mol. The van der Waals surface area contributed by atoms with Gasteiger partial charge < -0.3 is 21.1 Å². The van der Waals surface area contributed by atoms with Gasteiger partial charge in [0, 0.05) is 25.4 Å². The van der Waals surface area contributed by atoms with Crippen molar-refractivity contribution >= 4 is 11.7 Å². The number of rotatable bonds is 7. The van der Waals surface area contributed by atoms with E-state index in [-0.39, 0.29) is 6.03 Å². The van der Waals surface area contributed by atoms with Crippen LogP contribution in [0, 0.1) is 0 Å². The molecule has 116 valence electrons. The van der Waals surface area contributed by atoms with E-state index >= 15 is 0 Å². The summed E-state index contributed by atoms with van der Waals surface area (Å²) in [6, 6.07) is 7.39. The Kier molecular flexibility index (Phi) is 6.50. The molecule has 1 aromatic carbocycles. The van der Waals surface area contributed by atoms with Gasteiger partial charge in [-0.25, -0.2) is 4.79 Å². The van der Waals surface area contributed by atoms with Gasteiger partial charge in [-0.15, -0.1) is 0 Å². The number of urea groups is 1. The van der Waals surface area contributed by atoms with Gasteiger partial charge in [0.2, 0.25) is 0 Å². The lowest BCUT2D eigenvalue weighted by Gasteiger charge is -2.10. The molecule has 5 nitrogen and oxygen atoms in total. The molecule has 5 heteroatoms. The summed E-state index contributed by atoms with van der Waals surface area (Å²) >= 11 is 0. The van der Waals surface area contributed by atoms with E-state index in [4.69, 9.17) is 10.5 Å². The third-order valence-electron chi connectivity index (χ3n) is 3.71. The minimum atomic E-state index is -0.160. The van der Waals surface area contributed by atoms with Gasteiger partial charge >= 0.3 is 6.03 Å². The van der Waals surface area contributed by atoms with Crippen LogP contribution in [0.1, 0.15) is 37.7 Å². The molecule has 0 spiro atoms. The fourth-order valence-corrected chi connectivity index (χ4v) is 2.47. The Labute approximate surface area is 126 Å². The van der Waals surface area contributed by atoms with E-state index in [0.29, 0.717) is 19.2 Å². The number of ether oxygens (including phenoxy) is 1. The van der Waals surface area contributed by atoms with E-state index in [9.17, 15) is 4.79 Å². The summed E-state index contributed by atoms with van der Waals surface area (Å²) in [6.45, 7) is 2.12.